The lowest BCUT2D eigenvalue weighted by Crippen LogP contribution is -2.22. The van der Waals surface area contributed by atoms with Crippen molar-refractivity contribution in [3.63, 3.8) is 0 Å². The minimum atomic E-state index is 0.0298. The predicted molar refractivity (Wildman–Crippen MR) is 81.0 cm³/mol. The predicted octanol–water partition coefficient (Wildman–Crippen LogP) is 3.45. The average molecular weight is 287 g/mol. The van der Waals surface area contributed by atoms with E-state index in [1.54, 1.807) is 6.26 Å². The lowest BCUT2D eigenvalue weighted by Gasteiger charge is -2.18. The zero-order valence-corrected chi connectivity index (χ0v) is 12.5. The molecule has 3 rings (SSSR count). The molecule has 1 atom stereocenters. The molecular formula is C17H21NO3. The van der Waals surface area contributed by atoms with Crippen molar-refractivity contribution in [1.29, 1.82) is 0 Å². The van der Waals surface area contributed by atoms with Gasteiger partial charge in [-0.3, -0.25) is 0 Å². The molecule has 112 valence electrons. The normalized spacial score (nSPS) is 15.5. The van der Waals surface area contributed by atoms with E-state index in [1.165, 1.54) is 0 Å². The summed E-state index contributed by atoms with van der Waals surface area (Å²) in [6, 6.07) is 8.13. The van der Waals surface area contributed by atoms with Crippen molar-refractivity contribution in [2.24, 2.45) is 0 Å². The third kappa shape index (κ3) is 2.90. The largest absolute Gasteiger partial charge is 0.490 e. The molecule has 0 saturated carbocycles. The fraction of sp³-hybridized carbons (Fsp3) is 0.412. The topological polar surface area (TPSA) is 43.6 Å². The van der Waals surface area contributed by atoms with Crippen LogP contribution in [-0.2, 0) is 0 Å². The molecule has 1 aromatic carbocycles. The van der Waals surface area contributed by atoms with Gasteiger partial charge in [-0.25, -0.2) is 0 Å². The van der Waals surface area contributed by atoms with Crippen LogP contribution in [0.2, 0.25) is 0 Å². The fourth-order valence-electron chi connectivity index (χ4n) is 2.61. The van der Waals surface area contributed by atoms with Crippen molar-refractivity contribution in [1.82, 2.24) is 5.32 Å². The summed E-state index contributed by atoms with van der Waals surface area (Å²) in [5, 5.41) is 3.47. The van der Waals surface area contributed by atoms with E-state index in [0.717, 1.165) is 41.4 Å². The van der Waals surface area contributed by atoms with E-state index >= 15 is 0 Å². The van der Waals surface area contributed by atoms with Gasteiger partial charge in [-0.05, 0) is 42.8 Å². The van der Waals surface area contributed by atoms with Gasteiger partial charge in [0.05, 0.1) is 25.5 Å². The van der Waals surface area contributed by atoms with E-state index in [0.29, 0.717) is 13.2 Å². The second-order valence-corrected chi connectivity index (χ2v) is 5.22. The van der Waals surface area contributed by atoms with Gasteiger partial charge in [-0.1, -0.05) is 13.0 Å². The number of aryl methyl sites for hydroxylation is 1. The van der Waals surface area contributed by atoms with Gasteiger partial charge in [0.25, 0.3) is 0 Å². The van der Waals surface area contributed by atoms with Crippen LogP contribution < -0.4 is 14.8 Å². The number of ether oxygens (including phenoxy) is 2. The Morgan fingerprint density at radius 2 is 1.95 bits per heavy atom. The first kappa shape index (κ1) is 14.0. The molecule has 0 bridgehead atoms. The second-order valence-electron chi connectivity index (χ2n) is 5.22. The first-order chi connectivity index (χ1) is 10.3. The van der Waals surface area contributed by atoms with E-state index in [4.69, 9.17) is 13.9 Å². The minimum absolute atomic E-state index is 0.0298. The van der Waals surface area contributed by atoms with E-state index in [9.17, 15) is 0 Å². The highest BCUT2D eigenvalue weighted by atomic mass is 16.5. The minimum Gasteiger partial charge on any atom is -0.490 e. The molecule has 0 spiro atoms. The summed E-state index contributed by atoms with van der Waals surface area (Å²) >= 11 is 0. The highest BCUT2D eigenvalue weighted by Crippen LogP contribution is 2.34. The third-order valence-electron chi connectivity index (χ3n) is 3.68. The first-order valence-electron chi connectivity index (χ1n) is 7.46. The highest BCUT2D eigenvalue weighted by molar-refractivity contribution is 5.46. The van der Waals surface area contributed by atoms with E-state index in [-0.39, 0.29) is 6.04 Å². The molecule has 0 amide bonds. The summed E-state index contributed by atoms with van der Waals surface area (Å²) < 4.78 is 17.1. The average Bonchev–Trinajstić information content (AvgIpc) is 2.78. The number of rotatable bonds is 4. The second kappa shape index (κ2) is 6.22. The van der Waals surface area contributed by atoms with Gasteiger partial charge in [0.2, 0.25) is 0 Å². The number of furan rings is 1. The van der Waals surface area contributed by atoms with E-state index < -0.39 is 0 Å². The van der Waals surface area contributed by atoms with Gasteiger partial charge in [0.1, 0.15) is 5.76 Å². The number of nitrogens with one attached hydrogen (secondary N) is 1. The Kier molecular flexibility index (Phi) is 4.15. The fourth-order valence-corrected chi connectivity index (χ4v) is 2.61. The molecule has 21 heavy (non-hydrogen) atoms. The summed E-state index contributed by atoms with van der Waals surface area (Å²) in [6.45, 7) is 6.42. The quantitative estimate of drug-likeness (QED) is 0.935. The monoisotopic (exact) mass is 287 g/mol. The molecule has 2 heterocycles. The van der Waals surface area contributed by atoms with Crippen molar-refractivity contribution in [3.8, 4) is 11.5 Å². The van der Waals surface area contributed by atoms with Crippen LogP contribution in [0, 0.1) is 6.92 Å². The maximum Gasteiger partial charge on any atom is 0.161 e. The first-order valence-corrected chi connectivity index (χ1v) is 7.46. The Labute approximate surface area is 125 Å². The molecule has 4 heteroatoms. The van der Waals surface area contributed by atoms with Crippen molar-refractivity contribution < 1.29 is 13.9 Å². The highest BCUT2D eigenvalue weighted by Gasteiger charge is 2.21. The zero-order valence-electron chi connectivity index (χ0n) is 12.5. The molecule has 4 nitrogen and oxygen atoms in total. The number of hydrogen-bond acceptors (Lipinski definition) is 4. The molecule has 1 aliphatic rings. The van der Waals surface area contributed by atoms with Crippen LogP contribution in [0.5, 0.6) is 11.5 Å². The summed E-state index contributed by atoms with van der Waals surface area (Å²) in [4.78, 5) is 0. The van der Waals surface area contributed by atoms with Crippen molar-refractivity contribution in [2.75, 3.05) is 19.8 Å². The van der Waals surface area contributed by atoms with Crippen LogP contribution in [-0.4, -0.2) is 19.8 Å². The van der Waals surface area contributed by atoms with Gasteiger partial charge >= 0.3 is 0 Å². The molecule has 0 aliphatic carbocycles. The van der Waals surface area contributed by atoms with Crippen LogP contribution in [0.3, 0.4) is 0 Å². The molecule has 0 radical (unpaired) electrons. The Bertz CT molecular complexity index is 606. The third-order valence-corrected chi connectivity index (χ3v) is 3.68. The smallest absolute Gasteiger partial charge is 0.161 e. The van der Waals surface area contributed by atoms with Gasteiger partial charge in [-0.15, -0.1) is 0 Å². The van der Waals surface area contributed by atoms with Crippen LogP contribution in [0.1, 0.15) is 36.3 Å². The van der Waals surface area contributed by atoms with Gasteiger partial charge in [-0.2, -0.15) is 0 Å². The van der Waals surface area contributed by atoms with E-state index in [2.05, 4.69) is 31.3 Å². The van der Waals surface area contributed by atoms with E-state index in [1.807, 2.05) is 12.1 Å². The van der Waals surface area contributed by atoms with Gasteiger partial charge in [0.15, 0.2) is 11.5 Å². The molecular weight excluding hydrogens is 266 g/mol. The molecule has 0 fully saturated rings. The number of fused-ring (bicyclic) bond motifs is 1. The Morgan fingerprint density at radius 3 is 2.67 bits per heavy atom. The number of benzene rings is 1. The lowest BCUT2D eigenvalue weighted by atomic mass is 10.0. The maximum atomic E-state index is 5.78. The van der Waals surface area contributed by atoms with Crippen LogP contribution >= 0.6 is 0 Å². The zero-order chi connectivity index (χ0) is 14.7. The molecule has 1 aliphatic heterocycles. The van der Waals surface area contributed by atoms with Gasteiger partial charge in [0, 0.05) is 6.42 Å². The SMILES string of the molecule is CCNC(c1ccc2c(c1)OCCCO2)c1occc1C. The van der Waals surface area contributed by atoms with Crippen LogP contribution in [0.25, 0.3) is 0 Å². The van der Waals surface area contributed by atoms with Gasteiger partial charge < -0.3 is 19.2 Å². The standard InChI is InChI=1S/C17H21NO3/c1-3-18-16(17-12(2)7-10-21-17)13-5-6-14-15(11-13)20-9-4-8-19-14/h5-7,10-11,16,18H,3-4,8-9H2,1-2H3. The molecule has 0 saturated heterocycles. The summed E-state index contributed by atoms with van der Waals surface area (Å²) in [5.41, 5.74) is 2.27. The Morgan fingerprint density at radius 1 is 1.14 bits per heavy atom. The Balaban J connectivity index is 1.96. The summed E-state index contributed by atoms with van der Waals surface area (Å²) in [7, 11) is 0. The summed E-state index contributed by atoms with van der Waals surface area (Å²) in [6.07, 6.45) is 2.65. The van der Waals surface area contributed by atoms with Crippen molar-refractivity contribution in [3.05, 3.63) is 47.4 Å². The molecule has 2 aromatic rings. The van der Waals surface area contributed by atoms with Crippen molar-refractivity contribution in [2.45, 2.75) is 26.3 Å². The molecule has 1 aromatic heterocycles. The van der Waals surface area contributed by atoms with Crippen LogP contribution in [0.15, 0.2) is 34.9 Å². The van der Waals surface area contributed by atoms with Crippen molar-refractivity contribution >= 4 is 0 Å². The Hall–Kier alpha value is -1.94. The molecule has 1 N–H and O–H groups in total. The number of hydrogen-bond donors (Lipinski definition) is 1. The molecule has 1 unspecified atom stereocenters. The maximum absolute atomic E-state index is 5.78. The van der Waals surface area contributed by atoms with Crippen LogP contribution in [0.4, 0.5) is 0 Å². The summed E-state index contributed by atoms with van der Waals surface area (Å²) in [5.74, 6) is 2.59. The lowest BCUT2D eigenvalue weighted by molar-refractivity contribution is 0.297.